The van der Waals surface area contributed by atoms with E-state index in [2.05, 4.69) is 38.4 Å². The van der Waals surface area contributed by atoms with Gasteiger partial charge in [-0.1, -0.05) is 24.3 Å². The van der Waals surface area contributed by atoms with E-state index in [0.29, 0.717) is 4.47 Å². The Balaban J connectivity index is 0.000000140. The molecule has 0 amide bonds. The Hall–Kier alpha value is -2.47. The van der Waals surface area contributed by atoms with E-state index in [1.165, 1.54) is 5.39 Å². The molecule has 23 heavy (non-hydrogen) atoms. The zero-order valence-corrected chi connectivity index (χ0v) is 13.8. The number of benzene rings is 2. The first-order chi connectivity index (χ1) is 11.1. The molecule has 1 N–H and O–H groups in total. The highest BCUT2D eigenvalue weighted by atomic mass is 79.9. The standard InChI is InChI=1S/C9H7N.C8H7BrN2O2/c1-2-6-9-8(4-1)5-3-7-10-9;9-6-3-5-1-2-10-7(5)4-8(6)11(12)13/h1-7H;3-4,10H,1-2H2. The average Bonchev–Trinajstić information content (AvgIpc) is 3.02. The lowest BCUT2D eigenvalue weighted by molar-refractivity contribution is -0.385. The topological polar surface area (TPSA) is 68.1 Å². The molecule has 0 bridgehead atoms. The van der Waals surface area contributed by atoms with Gasteiger partial charge in [0.05, 0.1) is 14.9 Å². The van der Waals surface area contributed by atoms with Crippen molar-refractivity contribution in [1.82, 2.24) is 4.98 Å². The van der Waals surface area contributed by atoms with Crippen molar-refractivity contribution in [3.8, 4) is 0 Å². The van der Waals surface area contributed by atoms with E-state index >= 15 is 0 Å². The van der Waals surface area contributed by atoms with Crippen molar-refractivity contribution in [2.24, 2.45) is 0 Å². The summed E-state index contributed by atoms with van der Waals surface area (Å²) in [5.41, 5.74) is 3.20. The molecule has 2 heterocycles. The second-order valence-electron chi connectivity index (χ2n) is 5.09. The van der Waals surface area contributed by atoms with Crippen LogP contribution in [0.15, 0.2) is 59.2 Å². The van der Waals surface area contributed by atoms with Crippen LogP contribution in [-0.2, 0) is 6.42 Å². The number of anilines is 1. The summed E-state index contributed by atoms with van der Waals surface area (Å²) < 4.78 is 0.556. The number of hydrogen-bond acceptors (Lipinski definition) is 4. The highest BCUT2D eigenvalue weighted by Gasteiger charge is 2.18. The second kappa shape index (κ2) is 6.75. The summed E-state index contributed by atoms with van der Waals surface area (Å²) >= 11 is 3.18. The molecule has 0 radical (unpaired) electrons. The molecule has 1 aliphatic heterocycles. The van der Waals surface area contributed by atoms with Crippen molar-refractivity contribution >= 4 is 38.2 Å². The lowest BCUT2D eigenvalue weighted by Gasteiger charge is -2.00. The number of halogens is 1. The molecule has 3 aromatic rings. The molecule has 1 aromatic heterocycles. The predicted molar refractivity (Wildman–Crippen MR) is 94.7 cm³/mol. The normalized spacial score (nSPS) is 12.0. The summed E-state index contributed by atoms with van der Waals surface area (Å²) in [6, 6.07) is 15.5. The van der Waals surface area contributed by atoms with Gasteiger partial charge in [0.15, 0.2) is 0 Å². The number of hydrogen-bond donors (Lipinski definition) is 1. The van der Waals surface area contributed by atoms with E-state index in [1.807, 2.05) is 36.5 Å². The van der Waals surface area contributed by atoms with Crippen molar-refractivity contribution in [2.45, 2.75) is 6.42 Å². The Morgan fingerprint density at radius 2 is 1.96 bits per heavy atom. The Morgan fingerprint density at radius 3 is 2.74 bits per heavy atom. The summed E-state index contributed by atoms with van der Waals surface area (Å²) in [4.78, 5) is 14.4. The number of nitro groups is 1. The Bertz CT molecular complexity index is 802. The van der Waals surface area contributed by atoms with Crippen molar-refractivity contribution in [2.75, 3.05) is 11.9 Å². The fourth-order valence-electron chi connectivity index (χ4n) is 2.46. The minimum atomic E-state index is -0.385. The van der Waals surface area contributed by atoms with E-state index in [-0.39, 0.29) is 10.6 Å². The number of fused-ring (bicyclic) bond motifs is 2. The summed E-state index contributed by atoms with van der Waals surface area (Å²) in [5.74, 6) is 0. The molecule has 0 fully saturated rings. The summed E-state index contributed by atoms with van der Waals surface area (Å²) in [6.07, 6.45) is 2.74. The van der Waals surface area contributed by atoms with Crippen LogP contribution < -0.4 is 5.32 Å². The molecule has 116 valence electrons. The molecule has 0 atom stereocenters. The summed E-state index contributed by atoms with van der Waals surface area (Å²) in [7, 11) is 0. The Kier molecular flexibility index (Phi) is 4.52. The highest BCUT2D eigenvalue weighted by molar-refractivity contribution is 9.10. The number of aromatic nitrogens is 1. The molecule has 5 nitrogen and oxygen atoms in total. The van der Waals surface area contributed by atoms with Gasteiger partial charge >= 0.3 is 0 Å². The maximum absolute atomic E-state index is 10.6. The first-order valence-corrected chi connectivity index (χ1v) is 7.95. The van der Waals surface area contributed by atoms with Crippen LogP contribution >= 0.6 is 15.9 Å². The van der Waals surface area contributed by atoms with Crippen LogP contribution in [0.1, 0.15) is 5.56 Å². The quantitative estimate of drug-likeness (QED) is 0.502. The van der Waals surface area contributed by atoms with Crippen molar-refractivity contribution in [3.05, 3.63) is 74.9 Å². The van der Waals surface area contributed by atoms with E-state index < -0.39 is 0 Å². The lowest BCUT2D eigenvalue weighted by Crippen LogP contribution is -1.93. The Morgan fingerprint density at radius 1 is 1.17 bits per heavy atom. The molecule has 0 aliphatic carbocycles. The fourth-order valence-corrected chi connectivity index (χ4v) is 3.00. The van der Waals surface area contributed by atoms with Crippen LogP contribution in [0.3, 0.4) is 0 Å². The molecule has 0 unspecified atom stereocenters. The largest absolute Gasteiger partial charge is 0.384 e. The third-order valence-electron chi connectivity index (χ3n) is 3.59. The van der Waals surface area contributed by atoms with Gasteiger partial charge in [0.25, 0.3) is 5.69 Å². The SMILES string of the molecule is O=[N+]([O-])c1cc2c(cc1Br)CCN2.c1ccc2ncccc2c1. The first kappa shape index (κ1) is 15.4. The number of nitrogens with zero attached hydrogens (tertiary/aromatic N) is 2. The maximum atomic E-state index is 10.6. The first-order valence-electron chi connectivity index (χ1n) is 7.15. The third-order valence-corrected chi connectivity index (χ3v) is 4.23. The van der Waals surface area contributed by atoms with Gasteiger partial charge in [-0.3, -0.25) is 15.1 Å². The van der Waals surface area contributed by atoms with Gasteiger partial charge in [0, 0.05) is 29.9 Å². The molecular weight excluding hydrogens is 358 g/mol. The average molecular weight is 372 g/mol. The van der Waals surface area contributed by atoms with E-state index in [9.17, 15) is 10.1 Å². The van der Waals surface area contributed by atoms with Crippen molar-refractivity contribution < 1.29 is 4.92 Å². The fraction of sp³-hybridized carbons (Fsp3) is 0.118. The molecule has 2 aromatic carbocycles. The molecule has 1 aliphatic rings. The molecular formula is C17H14BrN3O2. The van der Waals surface area contributed by atoms with Crippen LogP contribution in [0.2, 0.25) is 0 Å². The smallest absolute Gasteiger partial charge is 0.285 e. The molecule has 0 spiro atoms. The van der Waals surface area contributed by atoms with Crippen LogP contribution in [-0.4, -0.2) is 16.5 Å². The van der Waals surface area contributed by atoms with Crippen LogP contribution in [0.5, 0.6) is 0 Å². The van der Waals surface area contributed by atoms with Crippen molar-refractivity contribution in [1.29, 1.82) is 0 Å². The van der Waals surface area contributed by atoms with Gasteiger partial charge in [-0.15, -0.1) is 0 Å². The molecule has 4 rings (SSSR count). The van der Waals surface area contributed by atoms with Crippen molar-refractivity contribution in [3.63, 3.8) is 0 Å². The zero-order valence-electron chi connectivity index (χ0n) is 12.2. The number of rotatable bonds is 1. The summed E-state index contributed by atoms with van der Waals surface area (Å²) in [5, 5.41) is 14.9. The number of nitro benzene ring substituents is 1. The minimum absolute atomic E-state index is 0.119. The number of pyridine rings is 1. The predicted octanol–water partition coefficient (Wildman–Crippen LogP) is 4.56. The number of nitrogens with one attached hydrogen (secondary N) is 1. The number of para-hydroxylation sites is 1. The van der Waals surface area contributed by atoms with Crippen LogP contribution in [0.25, 0.3) is 10.9 Å². The second-order valence-corrected chi connectivity index (χ2v) is 5.95. The zero-order chi connectivity index (χ0) is 16.2. The third kappa shape index (κ3) is 3.48. The van der Waals surface area contributed by atoms with E-state index in [1.54, 1.807) is 6.07 Å². The molecule has 0 saturated heterocycles. The summed E-state index contributed by atoms with van der Waals surface area (Å²) in [6.45, 7) is 0.864. The highest BCUT2D eigenvalue weighted by Crippen LogP contribution is 2.33. The lowest BCUT2D eigenvalue weighted by atomic mass is 10.1. The van der Waals surface area contributed by atoms with Gasteiger partial charge in [-0.2, -0.15) is 0 Å². The Labute approximate surface area is 141 Å². The maximum Gasteiger partial charge on any atom is 0.285 e. The minimum Gasteiger partial charge on any atom is -0.384 e. The van der Waals surface area contributed by atoms with Gasteiger partial charge in [0.2, 0.25) is 0 Å². The van der Waals surface area contributed by atoms with Gasteiger partial charge < -0.3 is 5.32 Å². The van der Waals surface area contributed by atoms with Gasteiger partial charge in [-0.25, -0.2) is 0 Å². The monoisotopic (exact) mass is 371 g/mol. The van der Waals surface area contributed by atoms with Gasteiger partial charge in [0.1, 0.15) is 0 Å². The molecule has 0 saturated carbocycles. The van der Waals surface area contributed by atoms with E-state index in [4.69, 9.17) is 0 Å². The van der Waals surface area contributed by atoms with Gasteiger partial charge in [-0.05, 0) is 46.1 Å². The van der Waals surface area contributed by atoms with Crippen LogP contribution in [0, 0.1) is 10.1 Å². The van der Waals surface area contributed by atoms with Crippen LogP contribution in [0.4, 0.5) is 11.4 Å². The molecule has 6 heteroatoms. The van der Waals surface area contributed by atoms with E-state index in [0.717, 1.165) is 29.7 Å².